The van der Waals surface area contributed by atoms with Gasteiger partial charge in [-0.2, -0.15) is 0 Å². The van der Waals surface area contributed by atoms with Gasteiger partial charge in [-0.1, -0.05) is 12.8 Å². The molecule has 0 aromatic carbocycles. The van der Waals surface area contributed by atoms with Gasteiger partial charge in [-0.3, -0.25) is 0 Å². The number of rotatable bonds is 3. The zero-order chi connectivity index (χ0) is 12.1. The van der Waals surface area contributed by atoms with Gasteiger partial charge in [0.1, 0.15) is 5.82 Å². The van der Waals surface area contributed by atoms with Gasteiger partial charge in [0.2, 0.25) is 0 Å². The molecule has 0 bridgehead atoms. The summed E-state index contributed by atoms with van der Waals surface area (Å²) in [5, 5.41) is 3.25. The molecule has 1 fully saturated rings. The van der Waals surface area contributed by atoms with E-state index in [0.717, 1.165) is 11.5 Å². The molecular weight excluding hydrogens is 341 g/mol. The van der Waals surface area contributed by atoms with Crippen LogP contribution in [0.15, 0.2) is 17.3 Å². The standard InChI is InChI=1S/C12H19N5.HI/c1-9-14-7-6-11(16-9)8-15-12(13)17-10-4-2-3-5-10;/h6-7,10H,2-5,8H2,1H3,(H3,13,15,17);1H. The Kier molecular flexibility index (Phi) is 6.31. The van der Waals surface area contributed by atoms with Crippen LogP contribution in [0, 0.1) is 6.92 Å². The van der Waals surface area contributed by atoms with Gasteiger partial charge in [-0.05, 0) is 25.8 Å². The van der Waals surface area contributed by atoms with Gasteiger partial charge in [-0.25, -0.2) is 15.0 Å². The fourth-order valence-electron chi connectivity index (χ4n) is 2.08. The number of guanidine groups is 1. The Hall–Kier alpha value is -0.920. The van der Waals surface area contributed by atoms with E-state index in [-0.39, 0.29) is 24.0 Å². The number of nitrogens with one attached hydrogen (secondary N) is 1. The zero-order valence-electron chi connectivity index (χ0n) is 10.6. The molecule has 1 saturated carbocycles. The second-order valence-corrected chi connectivity index (χ2v) is 4.42. The van der Waals surface area contributed by atoms with Crippen LogP contribution in [0.1, 0.15) is 37.2 Å². The minimum absolute atomic E-state index is 0. The lowest BCUT2D eigenvalue weighted by Crippen LogP contribution is -2.38. The van der Waals surface area contributed by atoms with E-state index in [9.17, 15) is 0 Å². The molecule has 0 radical (unpaired) electrons. The summed E-state index contributed by atoms with van der Waals surface area (Å²) in [6, 6.07) is 2.37. The molecule has 3 N–H and O–H groups in total. The maximum atomic E-state index is 5.83. The molecule has 0 amide bonds. The molecule has 0 atom stereocenters. The maximum Gasteiger partial charge on any atom is 0.189 e. The van der Waals surface area contributed by atoms with Crippen LogP contribution < -0.4 is 11.1 Å². The third-order valence-corrected chi connectivity index (χ3v) is 2.95. The number of nitrogens with zero attached hydrogens (tertiary/aromatic N) is 3. The molecule has 1 aliphatic carbocycles. The lowest BCUT2D eigenvalue weighted by atomic mass is 10.2. The summed E-state index contributed by atoms with van der Waals surface area (Å²) in [4.78, 5) is 12.6. The molecule has 0 aliphatic heterocycles. The molecule has 0 unspecified atom stereocenters. The monoisotopic (exact) mass is 361 g/mol. The van der Waals surface area contributed by atoms with E-state index in [2.05, 4.69) is 20.3 Å². The van der Waals surface area contributed by atoms with E-state index >= 15 is 0 Å². The molecular formula is C12H20IN5. The normalized spacial score (nSPS) is 16.4. The summed E-state index contributed by atoms with van der Waals surface area (Å²) in [6.45, 7) is 2.38. The Morgan fingerprint density at radius 3 is 2.89 bits per heavy atom. The van der Waals surface area contributed by atoms with E-state index < -0.39 is 0 Å². The highest BCUT2D eigenvalue weighted by Gasteiger charge is 2.14. The quantitative estimate of drug-likeness (QED) is 0.489. The van der Waals surface area contributed by atoms with Crippen LogP contribution in [0.3, 0.4) is 0 Å². The first-order valence-corrected chi connectivity index (χ1v) is 6.09. The fraction of sp³-hybridized carbons (Fsp3) is 0.583. The summed E-state index contributed by atoms with van der Waals surface area (Å²) < 4.78 is 0. The molecule has 2 rings (SSSR count). The molecule has 18 heavy (non-hydrogen) atoms. The fourth-order valence-corrected chi connectivity index (χ4v) is 2.08. The van der Waals surface area contributed by atoms with Gasteiger partial charge in [-0.15, -0.1) is 24.0 Å². The van der Waals surface area contributed by atoms with Crippen LogP contribution >= 0.6 is 24.0 Å². The van der Waals surface area contributed by atoms with Gasteiger partial charge < -0.3 is 11.1 Å². The predicted octanol–water partition coefficient (Wildman–Crippen LogP) is 1.75. The second-order valence-electron chi connectivity index (χ2n) is 4.42. The van der Waals surface area contributed by atoms with Gasteiger partial charge in [0.15, 0.2) is 5.96 Å². The minimum atomic E-state index is 0. The van der Waals surface area contributed by atoms with Crippen molar-refractivity contribution >= 4 is 29.9 Å². The molecule has 1 aliphatic rings. The second kappa shape index (κ2) is 7.50. The Balaban J connectivity index is 0.00000162. The molecule has 6 heteroatoms. The summed E-state index contributed by atoms with van der Waals surface area (Å²) in [7, 11) is 0. The van der Waals surface area contributed by atoms with E-state index in [4.69, 9.17) is 5.73 Å². The summed E-state index contributed by atoms with van der Waals surface area (Å²) in [5.74, 6) is 1.29. The lowest BCUT2D eigenvalue weighted by molar-refractivity contribution is 0.625. The number of hydrogen-bond acceptors (Lipinski definition) is 3. The Bertz CT molecular complexity index is 401. The van der Waals surface area contributed by atoms with Crippen molar-refractivity contribution < 1.29 is 0 Å². The highest BCUT2D eigenvalue weighted by Crippen LogP contribution is 2.17. The van der Waals surface area contributed by atoms with Crippen LogP contribution in [0.5, 0.6) is 0 Å². The summed E-state index contributed by atoms with van der Waals surface area (Å²) >= 11 is 0. The van der Waals surface area contributed by atoms with Crippen molar-refractivity contribution in [1.82, 2.24) is 15.3 Å². The summed E-state index contributed by atoms with van der Waals surface area (Å²) in [6.07, 6.45) is 6.71. The SMILES string of the molecule is Cc1nccc(CN=C(N)NC2CCCC2)n1.I. The Morgan fingerprint density at radius 1 is 1.50 bits per heavy atom. The minimum Gasteiger partial charge on any atom is -0.370 e. The molecule has 1 heterocycles. The molecule has 100 valence electrons. The smallest absolute Gasteiger partial charge is 0.189 e. The zero-order valence-corrected chi connectivity index (χ0v) is 12.9. The summed E-state index contributed by atoms with van der Waals surface area (Å²) in [5.41, 5.74) is 6.73. The van der Waals surface area contributed by atoms with Crippen LogP contribution in [-0.2, 0) is 6.54 Å². The van der Waals surface area contributed by atoms with Crippen molar-refractivity contribution in [3.8, 4) is 0 Å². The number of nitrogens with two attached hydrogens (primary N) is 1. The van der Waals surface area contributed by atoms with Gasteiger partial charge >= 0.3 is 0 Å². The molecule has 1 aromatic rings. The van der Waals surface area contributed by atoms with E-state index in [0.29, 0.717) is 18.5 Å². The van der Waals surface area contributed by atoms with Crippen molar-refractivity contribution in [3.63, 3.8) is 0 Å². The van der Waals surface area contributed by atoms with Crippen LogP contribution in [0.2, 0.25) is 0 Å². The lowest BCUT2D eigenvalue weighted by Gasteiger charge is -2.12. The molecule has 0 spiro atoms. The average molecular weight is 361 g/mol. The average Bonchev–Trinajstić information content (AvgIpc) is 2.79. The predicted molar refractivity (Wildman–Crippen MR) is 82.9 cm³/mol. The van der Waals surface area contributed by atoms with Crippen LogP contribution in [-0.4, -0.2) is 22.0 Å². The van der Waals surface area contributed by atoms with Crippen molar-refractivity contribution in [2.24, 2.45) is 10.7 Å². The van der Waals surface area contributed by atoms with Crippen LogP contribution in [0.4, 0.5) is 0 Å². The van der Waals surface area contributed by atoms with E-state index in [1.54, 1.807) is 6.20 Å². The highest BCUT2D eigenvalue weighted by atomic mass is 127. The van der Waals surface area contributed by atoms with E-state index in [1.807, 2.05) is 13.0 Å². The first-order chi connectivity index (χ1) is 8.24. The molecule has 5 nitrogen and oxygen atoms in total. The van der Waals surface area contributed by atoms with Crippen molar-refractivity contribution in [1.29, 1.82) is 0 Å². The number of aromatic nitrogens is 2. The third kappa shape index (κ3) is 4.75. The maximum absolute atomic E-state index is 5.83. The Labute approximate surface area is 125 Å². The van der Waals surface area contributed by atoms with E-state index in [1.165, 1.54) is 25.7 Å². The van der Waals surface area contributed by atoms with Gasteiger partial charge in [0.05, 0.1) is 12.2 Å². The third-order valence-electron chi connectivity index (χ3n) is 2.95. The van der Waals surface area contributed by atoms with Crippen molar-refractivity contribution in [3.05, 3.63) is 23.8 Å². The largest absolute Gasteiger partial charge is 0.370 e. The number of halogens is 1. The van der Waals surface area contributed by atoms with Crippen molar-refractivity contribution in [2.45, 2.75) is 45.2 Å². The first-order valence-electron chi connectivity index (χ1n) is 6.09. The Morgan fingerprint density at radius 2 is 2.22 bits per heavy atom. The first kappa shape index (κ1) is 15.1. The topological polar surface area (TPSA) is 76.2 Å². The molecule has 1 aromatic heterocycles. The number of hydrogen-bond donors (Lipinski definition) is 2. The van der Waals surface area contributed by atoms with Crippen LogP contribution in [0.25, 0.3) is 0 Å². The number of aryl methyl sites for hydroxylation is 1. The van der Waals surface area contributed by atoms with Gasteiger partial charge in [0, 0.05) is 12.2 Å². The molecule has 0 saturated heterocycles. The number of aliphatic imine (C=N–C) groups is 1. The highest BCUT2D eigenvalue weighted by molar-refractivity contribution is 14.0. The van der Waals surface area contributed by atoms with Crippen molar-refractivity contribution in [2.75, 3.05) is 0 Å². The van der Waals surface area contributed by atoms with Gasteiger partial charge in [0.25, 0.3) is 0 Å².